The van der Waals surface area contributed by atoms with Crippen LogP contribution in [0.2, 0.25) is 0 Å². The lowest BCUT2D eigenvalue weighted by molar-refractivity contribution is -0.148. The molecule has 0 radical (unpaired) electrons. The highest BCUT2D eigenvalue weighted by molar-refractivity contribution is 5.75. The topological polar surface area (TPSA) is 65.0 Å². The van der Waals surface area contributed by atoms with E-state index in [-0.39, 0.29) is 37.1 Å². The van der Waals surface area contributed by atoms with E-state index in [1.54, 1.807) is 0 Å². The third kappa shape index (κ3) is 2.68. The number of carbonyl (C=O) groups excluding carboxylic acids is 1. The first-order chi connectivity index (χ1) is 10.7. The first-order valence-electron chi connectivity index (χ1n) is 7.49. The van der Waals surface area contributed by atoms with Crippen LogP contribution in [0.1, 0.15) is 24.3 Å². The van der Waals surface area contributed by atoms with Crippen LogP contribution in [0.3, 0.4) is 0 Å². The van der Waals surface area contributed by atoms with Crippen molar-refractivity contribution in [1.82, 2.24) is 0 Å². The molecule has 2 aliphatic rings. The molecule has 0 fully saturated rings. The zero-order valence-corrected chi connectivity index (χ0v) is 12.5. The van der Waals surface area contributed by atoms with Gasteiger partial charge in [0, 0.05) is 12.5 Å². The van der Waals surface area contributed by atoms with Crippen molar-refractivity contribution in [2.45, 2.75) is 18.8 Å². The maximum Gasteiger partial charge on any atom is 0.309 e. The molecule has 118 valence electrons. The van der Waals surface area contributed by atoms with Gasteiger partial charge in [0.1, 0.15) is 0 Å². The SMILES string of the molecule is COC(=O)[C@H]1[C@H](CCO)C=CC[C@H]1c1ccc2c(c1)OCO2. The lowest BCUT2D eigenvalue weighted by Crippen LogP contribution is -2.32. The van der Waals surface area contributed by atoms with E-state index in [9.17, 15) is 9.90 Å². The summed E-state index contributed by atoms with van der Waals surface area (Å²) in [5.41, 5.74) is 1.03. The Morgan fingerprint density at radius 1 is 1.36 bits per heavy atom. The van der Waals surface area contributed by atoms with Crippen molar-refractivity contribution in [3.63, 3.8) is 0 Å². The second-order valence-corrected chi connectivity index (χ2v) is 5.61. The summed E-state index contributed by atoms with van der Waals surface area (Å²) in [6, 6.07) is 5.80. The van der Waals surface area contributed by atoms with Crippen molar-refractivity contribution in [1.29, 1.82) is 0 Å². The van der Waals surface area contributed by atoms with E-state index in [1.165, 1.54) is 7.11 Å². The monoisotopic (exact) mass is 304 g/mol. The van der Waals surface area contributed by atoms with E-state index in [0.717, 1.165) is 23.5 Å². The minimum Gasteiger partial charge on any atom is -0.469 e. The van der Waals surface area contributed by atoms with E-state index in [2.05, 4.69) is 6.08 Å². The van der Waals surface area contributed by atoms with Gasteiger partial charge in [-0.25, -0.2) is 0 Å². The molecule has 0 saturated carbocycles. The Labute approximate surface area is 129 Å². The number of aliphatic hydroxyl groups excluding tert-OH is 1. The Balaban J connectivity index is 1.93. The molecular weight excluding hydrogens is 284 g/mol. The zero-order chi connectivity index (χ0) is 15.5. The van der Waals surface area contributed by atoms with Gasteiger partial charge in [0.05, 0.1) is 13.0 Å². The molecule has 3 atom stereocenters. The van der Waals surface area contributed by atoms with Crippen LogP contribution < -0.4 is 9.47 Å². The number of rotatable bonds is 4. The number of allylic oxidation sites excluding steroid dienone is 2. The molecule has 0 unspecified atom stereocenters. The van der Waals surface area contributed by atoms with Crippen molar-refractivity contribution in [2.75, 3.05) is 20.5 Å². The summed E-state index contributed by atoms with van der Waals surface area (Å²) in [6.07, 6.45) is 5.41. The first kappa shape index (κ1) is 14.9. The smallest absolute Gasteiger partial charge is 0.309 e. The maximum atomic E-state index is 12.3. The summed E-state index contributed by atoms with van der Waals surface area (Å²) >= 11 is 0. The molecule has 0 aromatic heterocycles. The normalized spacial score (nSPS) is 26.0. The van der Waals surface area contributed by atoms with Crippen LogP contribution in [0.5, 0.6) is 11.5 Å². The van der Waals surface area contributed by atoms with E-state index in [0.29, 0.717) is 6.42 Å². The number of esters is 1. The molecule has 0 saturated heterocycles. The number of benzene rings is 1. The van der Waals surface area contributed by atoms with Crippen LogP contribution >= 0.6 is 0 Å². The Bertz CT molecular complexity index is 580. The van der Waals surface area contributed by atoms with Crippen LogP contribution in [0.15, 0.2) is 30.4 Å². The fraction of sp³-hybridized carbons (Fsp3) is 0.471. The van der Waals surface area contributed by atoms with Crippen LogP contribution in [0.4, 0.5) is 0 Å². The molecule has 5 nitrogen and oxygen atoms in total. The van der Waals surface area contributed by atoms with E-state index < -0.39 is 0 Å². The third-order valence-corrected chi connectivity index (χ3v) is 4.43. The summed E-state index contributed by atoms with van der Waals surface area (Å²) in [4.78, 5) is 12.3. The molecule has 1 aromatic rings. The zero-order valence-electron chi connectivity index (χ0n) is 12.5. The van der Waals surface area contributed by atoms with Crippen molar-refractivity contribution < 1.29 is 24.1 Å². The summed E-state index contributed by atoms with van der Waals surface area (Å²) in [5, 5.41) is 9.25. The highest BCUT2D eigenvalue weighted by Crippen LogP contribution is 2.43. The van der Waals surface area contributed by atoms with Crippen molar-refractivity contribution >= 4 is 5.97 Å². The Morgan fingerprint density at radius 3 is 2.95 bits per heavy atom. The molecule has 0 amide bonds. The fourth-order valence-corrected chi connectivity index (χ4v) is 3.35. The quantitative estimate of drug-likeness (QED) is 0.682. The van der Waals surface area contributed by atoms with Crippen LogP contribution in [0, 0.1) is 11.8 Å². The van der Waals surface area contributed by atoms with E-state index >= 15 is 0 Å². The molecule has 1 aromatic carbocycles. The highest BCUT2D eigenvalue weighted by atomic mass is 16.7. The first-order valence-corrected chi connectivity index (χ1v) is 7.49. The highest BCUT2D eigenvalue weighted by Gasteiger charge is 2.37. The average molecular weight is 304 g/mol. The third-order valence-electron chi connectivity index (χ3n) is 4.43. The number of fused-ring (bicyclic) bond motifs is 1. The minimum atomic E-state index is -0.289. The van der Waals surface area contributed by atoms with Crippen LogP contribution in [-0.2, 0) is 9.53 Å². The molecule has 1 aliphatic heterocycles. The Hall–Kier alpha value is -2.01. The molecular formula is C17H20O5. The summed E-state index contributed by atoms with van der Waals surface area (Å²) in [5.74, 6) is 0.934. The number of hydrogen-bond acceptors (Lipinski definition) is 5. The van der Waals surface area contributed by atoms with Crippen LogP contribution in [0.25, 0.3) is 0 Å². The molecule has 5 heteroatoms. The molecule has 3 rings (SSSR count). The number of hydrogen-bond donors (Lipinski definition) is 1. The average Bonchev–Trinajstić information content (AvgIpc) is 3.01. The lowest BCUT2D eigenvalue weighted by Gasteiger charge is -2.33. The van der Waals surface area contributed by atoms with Gasteiger partial charge in [-0.05, 0) is 36.5 Å². The van der Waals surface area contributed by atoms with Gasteiger partial charge in [0.2, 0.25) is 6.79 Å². The largest absolute Gasteiger partial charge is 0.469 e. The van der Waals surface area contributed by atoms with Gasteiger partial charge in [-0.15, -0.1) is 0 Å². The Kier molecular flexibility index (Phi) is 4.34. The second-order valence-electron chi connectivity index (χ2n) is 5.61. The van der Waals surface area contributed by atoms with Gasteiger partial charge in [0.25, 0.3) is 0 Å². The lowest BCUT2D eigenvalue weighted by atomic mass is 9.71. The standard InChI is InChI=1S/C17H20O5/c1-20-17(19)16-11(7-8-18)3-2-4-13(16)12-5-6-14-15(9-12)22-10-21-14/h2-3,5-6,9,11,13,16,18H,4,7-8,10H2,1H3/t11-,13-,16-/m0/s1. The van der Waals surface area contributed by atoms with Gasteiger partial charge in [-0.3, -0.25) is 4.79 Å². The van der Waals surface area contributed by atoms with Crippen molar-refractivity contribution in [3.8, 4) is 11.5 Å². The number of ether oxygens (including phenoxy) is 3. The molecule has 1 aliphatic carbocycles. The second kappa shape index (κ2) is 6.40. The van der Waals surface area contributed by atoms with Gasteiger partial charge < -0.3 is 19.3 Å². The van der Waals surface area contributed by atoms with E-state index in [4.69, 9.17) is 14.2 Å². The fourth-order valence-electron chi connectivity index (χ4n) is 3.35. The molecule has 0 bridgehead atoms. The van der Waals surface area contributed by atoms with E-state index in [1.807, 2.05) is 24.3 Å². The summed E-state index contributed by atoms with van der Waals surface area (Å²) < 4.78 is 15.8. The van der Waals surface area contributed by atoms with Gasteiger partial charge >= 0.3 is 5.97 Å². The van der Waals surface area contributed by atoms with Crippen molar-refractivity contribution in [3.05, 3.63) is 35.9 Å². The van der Waals surface area contributed by atoms with Crippen LogP contribution in [-0.4, -0.2) is 31.6 Å². The molecule has 1 heterocycles. The van der Waals surface area contributed by atoms with Gasteiger partial charge in [-0.2, -0.15) is 0 Å². The predicted molar refractivity (Wildman–Crippen MR) is 79.8 cm³/mol. The molecule has 0 spiro atoms. The number of methoxy groups -OCH3 is 1. The Morgan fingerprint density at radius 2 is 2.18 bits per heavy atom. The van der Waals surface area contributed by atoms with Gasteiger partial charge in [0.15, 0.2) is 11.5 Å². The number of aliphatic hydroxyl groups is 1. The predicted octanol–water partition coefficient (Wildman–Crippen LogP) is 2.25. The van der Waals surface area contributed by atoms with Crippen molar-refractivity contribution in [2.24, 2.45) is 11.8 Å². The maximum absolute atomic E-state index is 12.3. The summed E-state index contributed by atoms with van der Waals surface area (Å²) in [7, 11) is 1.41. The number of carbonyl (C=O) groups is 1. The van der Waals surface area contributed by atoms with Gasteiger partial charge in [-0.1, -0.05) is 18.2 Å². The minimum absolute atomic E-state index is 0.0124. The summed E-state index contributed by atoms with van der Waals surface area (Å²) in [6.45, 7) is 0.285. The molecule has 22 heavy (non-hydrogen) atoms. The molecule has 1 N–H and O–H groups in total.